The summed E-state index contributed by atoms with van der Waals surface area (Å²) in [7, 11) is -2.20. The van der Waals surface area contributed by atoms with E-state index in [1.54, 1.807) is 48.3 Å². The SMILES string of the molecule is CCc1ccc(S(=O)(=O)N(CC(C)C)C[C@@H](O)[C@@H](CC(=O)c2cccc(C(=O)N(C)Cc3csc(C)n3)c2)Cc2ccccc2)cc1. The van der Waals surface area contributed by atoms with E-state index in [1.807, 2.05) is 75.5 Å². The Morgan fingerprint density at radius 2 is 1.60 bits per heavy atom. The zero-order chi connectivity index (χ0) is 34.1. The molecule has 2 atom stereocenters. The van der Waals surface area contributed by atoms with Gasteiger partial charge in [0.05, 0.1) is 28.2 Å². The lowest BCUT2D eigenvalue weighted by Crippen LogP contribution is -2.43. The van der Waals surface area contributed by atoms with Crippen molar-refractivity contribution in [2.24, 2.45) is 11.8 Å². The molecule has 4 aromatic rings. The molecular formula is C37H45N3O5S2. The van der Waals surface area contributed by atoms with Gasteiger partial charge in [0.1, 0.15) is 0 Å². The van der Waals surface area contributed by atoms with Crippen molar-refractivity contribution < 1.29 is 23.1 Å². The maximum absolute atomic E-state index is 13.8. The van der Waals surface area contributed by atoms with Gasteiger partial charge >= 0.3 is 0 Å². The maximum atomic E-state index is 13.8. The fourth-order valence-corrected chi connectivity index (χ4v) is 7.77. The van der Waals surface area contributed by atoms with E-state index in [0.717, 1.165) is 28.2 Å². The number of aromatic nitrogens is 1. The van der Waals surface area contributed by atoms with Gasteiger partial charge in [-0.05, 0) is 67.0 Å². The molecule has 10 heteroatoms. The van der Waals surface area contributed by atoms with Gasteiger partial charge in [0, 0.05) is 43.1 Å². The first-order valence-corrected chi connectivity index (χ1v) is 18.3. The standard InChI is InChI=1S/C37H45N3O5S2/c1-6-28-15-17-34(18-16-28)47(44,45)40(22-26(2)3)24-36(42)32(19-29-11-8-7-9-12-29)21-35(41)30-13-10-14-31(20-30)37(43)39(5)23-33-25-46-27(4)38-33/h7-18,20,25-26,32,36,42H,6,19,21-24H2,1-5H3/t32-,36-/m1/s1. The molecule has 0 bridgehead atoms. The number of ketones is 1. The van der Waals surface area contributed by atoms with Crippen molar-refractivity contribution in [1.82, 2.24) is 14.2 Å². The molecule has 0 aliphatic carbocycles. The number of amides is 1. The monoisotopic (exact) mass is 675 g/mol. The zero-order valence-corrected chi connectivity index (χ0v) is 29.4. The molecule has 0 aliphatic rings. The van der Waals surface area contributed by atoms with Crippen molar-refractivity contribution in [2.75, 3.05) is 20.1 Å². The number of carbonyl (C=O) groups excluding carboxylic acids is 2. The molecule has 0 saturated carbocycles. The number of aliphatic hydroxyl groups excluding tert-OH is 1. The molecule has 3 aromatic carbocycles. The summed E-state index contributed by atoms with van der Waals surface area (Å²) in [5, 5.41) is 14.5. The Bertz CT molecular complexity index is 1740. The lowest BCUT2D eigenvalue weighted by Gasteiger charge is -2.30. The third-order valence-corrected chi connectivity index (χ3v) is 10.8. The van der Waals surface area contributed by atoms with E-state index in [9.17, 15) is 23.1 Å². The van der Waals surface area contributed by atoms with Crippen molar-refractivity contribution in [1.29, 1.82) is 0 Å². The number of hydrogen-bond donors (Lipinski definition) is 1. The molecule has 8 nitrogen and oxygen atoms in total. The van der Waals surface area contributed by atoms with Crippen LogP contribution in [-0.2, 0) is 29.4 Å². The zero-order valence-electron chi connectivity index (χ0n) is 27.8. The van der Waals surface area contributed by atoms with Crippen LogP contribution in [0.2, 0.25) is 0 Å². The minimum absolute atomic E-state index is 0.0130. The van der Waals surface area contributed by atoms with Crippen molar-refractivity contribution in [3.8, 4) is 0 Å². The molecule has 0 radical (unpaired) electrons. The Balaban J connectivity index is 1.56. The van der Waals surface area contributed by atoms with Crippen molar-refractivity contribution in [2.45, 2.75) is 64.5 Å². The highest BCUT2D eigenvalue weighted by atomic mass is 32.2. The third-order valence-electron chi connectivity index (χ3n) is 8.11. The van der Waals surface area contributed by atoms with Crippen LogP contribution in [0.5, 0.6) is 0 Å². The second-order valence-electron chi connectivity index (χ2n) is 12.5. The Hall–Kier alpha value is -3.70. The number of benzene rings is 3. The van der Waals surface area contributed by atoms with Gasteiger partial charge in [-0.3, -0.25) is 9.59 Å². The molecule has 1 heterocycles. The smallest absolute Gasteiger partial charge is 0.253 e. The summed E-state index contributed by atoms with van der Waals surface area (Å²) in [5.74, 6) is -1.02. The fourth-order valence-electron chi connectivity index (χ4n) is 5.54. The Morgan fingerprint density at radius 1 is 0.915 bits per heavy atom. The number of Topliss-reactive ketones (excluding diaryl/α,β-unsaturated/α-hetero) is 1. The first kappa shape index (κ1) is 36.1. The second-order valence-corrected chi connectivity index (χ2v) is 15.5. The largest absolute Gasteiger partial charge is 0.391 e. The number of aliphatic hydroxyl groups is 1. The predicted molar refractivity (Wildman–Crippen MR) is 187 cm³/mol. The molecule has 250 valence electrons. The van der Waals surface area contributed by atoms with Crippen LogP contribution in [-0.4, -0.2) is 65.6 Å². The van der Waals surface area contributed by atoms with Crippen LogP contribution in [0, 0.1) is 18.8 Å². The normalized spacial score (nSPS) is 13.1. The predicted octanol–water partition coefficient (Wildman–Crippen LogP) is 6.43. The molecule has 0 spiro atoms. The number of aryl methyl sites for hydroxylation is 2. The molecule has 1 aromatic heterocycles. The lowest BCUT2D eigenvalue weighted by atomic mass is 9.87. The van der Waals surface area contributed by atoms with E-state index in [4.69, 9.17) is 0 Å². The highest BCUT2D eigenvalue weighted by Gasteiger charge is 2.32. The molecule has 47 heavy (non-hydrogen) atoms. The Labute approximate surface area is 283 Å². The average molecular weight is 676 g/mol. The van der Waals surface area contributed by atoms with Crippen LogP contribution >= 0.6 is 11.3 Å². The van der Waals surface area contributed by atoms with Gasteiger partial charge < -0.3 is 10.0 Å². The quantitative estimate of drug-likeness (QED) is 0.137. The van der Waals surface area contributed by atoms with Gasteiger partial charge in [0.2, 0.25) is 10.0 Å². The molecule has 0 aliphatic heterocycles. The van der Waals surface area contributed by atoms with E-state index < -0.39 is 22.0 Å². The molecule has 1 N–H and O–H groups in total. The number of rotatable bonds is 16. The summed E-state index contributed by atoms with van der Waals surface area (Å²) < 4.78 is 29.0. The van der Waals surface area contributed by atoms with Crippen LogP contribution in [0.3, 0.4) is 0 Å². The number of sulfonamides is 1. The fraction of sp³-hybridized carbons (Fsp3) is 0.378. The number of thiazole rings is 1. The van der Waals surface area contributed by atoms with E-state index in [0.29, 0.717) is 24.1 Å². The van der Waals surface area contributed by atoms with Crippen molar-refractivity contribution >= 4 is 33.1 Å². The number of carbonyl (C=O) groups is 2. The van der Waals surface area contributed by atoms with Crippen LogP contribution in [0.4, 0.5) is 0 Å². The third kappa shape index (κ3) is 9.90. The summed E-state index contributed by atoms with van der Waals surface area (Å²) in [6, 6.07) is 23.0. The van der Waals surface area contributed by atoms with E-state index in [-0.39, 0.29) is 42.0 Å². The Morgan fingerprint density at radius 3 is 2.21 bits per heavy atom. The minimum atomic E-state index is -3.91. The summed E-state index contributed by atoms with van der Waals surface area (Å²) in [4.78, 5) is 33.2. The average Bonchev–Trinajstić information content (AvgIpc) is 3.47. The van der Waals surface area contributed by atoms with Crippen LogP contribution < -0.4 is 0 Å². The van der Waals surface area contributed by atoms with Gasteiger partial charge in [-0.25, -0.2) is 13.4 Å². The summed E-state index contributed by atoms with van der Waals surface area (Å²) in [5.41, 5.74) is 3.52. The van der Waals surface area contributed by atoms with E-state index >= 15 is 0 Å². The van der Waals surface area contributed by atoms with Gasteiger partial charge in [-0.2, -0.15) is 4.31 Å². The summed E-state index contributed by atoms with van der Waals surface area (Å²) in [6.07, 6.45) is 0.0233. The minimum Gasteiger partial charge on any atom is -0.391 e. The molecular weight excluding hydrogens is 631 g/mol. The van der Waals surface area contributed by atoms with Crippen LogP contribution in [0.15, 0.2) is 89.1 Å². The Kier molecular flexibility index (Phi) is 12.6. The van der Waals surface area contributed by atoms with Gasteiger partial charge in [-0.15, -0.1) is 11.3 Å². The number of nitrogens with zero attached hydrogens (tertiary/aromatic N) is 3. The van der Waals surface area contributed by atoms with E-state index in [2.05, 4.69) is 4.98 Å². The molecule has 4 rings (SSSR count). The summed E-state index contributed by atoms with van der Waals surface area (Å²) in [6.45, 7) is 8.22. The van der Waals surface area contributed by atoms with E-state index in [1.165, 1.54) is 15.6 Å². The molecule has 0 unspecified atom stereocenters. The first-order valence-electron chi connectivity index (χ1n) is 16.0. The molecule has 1 amide bonds. The lowest BCUT2D eigenvalue weighted by molar-refractivity contribution is 0.0689. The first-order chi connectivity index (χ1) is 22.4. The molecule has 0 saturated heterocycles. The highest BCUT2D eigenvalue weighted by Crippen LogP contribution is 2.25. The van der Waals surface area contributed by atoms with Crippen molar-refractivity contribution in [3.05, 3.63) is 117 Å². The van der Waals surface area contributed by atoms with Gasteiger partial charge in [0.15, 0.2) is 5.78 Å². The van der Waals surface area contributed by atoms with Crippen LogP contribution in [0.25, 0.3) is 0 Å². The van der Waals surface area contributed by atoms with Crippen molar-refractivity contribution in [3.63, 3.8) is 0 Å². The maximum Gasteiger partial charge on any atom is 0.253 e. The van der Waals surface area contributed by atoms with Crippen LogP contribution in [0.1, 0.15) is 69.7 Å². The van der Waals surface area contributed by atoms with Gasteiger partial charge in [0.25, 0.3) is 5.91 Å². The van der Waals surface area contributed by atoms with Gasteiger partial charge in [-0.1, -0.05) is 75.4 Å². The number of hydrogen-bond acceptors (Lipinski definition) is 7. The highest BCUT2D eigenvalue weighted by molar-refractivity contribution is 7.89. The second kappa shape index (κ2) is 16.4. The molecule has 0 fully saturated rings. The topological polar surface area (TPSA) is 108 Å². The summed E-state index contributed by atoms with van der Waals surface area (Å²) >= 11 is 1.53.